The molecule has 0 amide bonds. The van der Waals surface area contributed by atoms with Gasteiger partial charge in [0.05, 0.1) is 12.1 Å². The van der Waals surface area contributed by atoms with E-state index >= 15 is 0 Å². The molecule has 2 atom stereocenters. The lowest BCUT2D eigenvalue weighted by Gasteiger charge is -2.45. The normalized spacial score (nSPS) is 30.9. The second-order valence-corrected chi connectivity index (χ2v) is 6.42. The first-order chi connectivity index (χ1) is 9.67. The number of likely N-dealkylation sites (N-methyl/N-ethyl adjacent to an activating group) is 1. The van der Waals surface area contributed by atoms with Gasteiger partial charge in [-0.05, 0) is 32.9 Å². The van der Waals surface area contributed by atoms with Gasteiger partial charge >= 0.3 is 0 Å². The Hall–Kier alpha value is -0.910. The van der Waals surface area contributed by atoms with Crippen molar-refractivity contribution in [2.24, 2.45) is 12.8 Å². The molecule has 2 unspecified atom stereocenters. The Kier molecular flexibility index (Phi) is 3.84. The van der Waals surface area contributed by atoms with Crippen LogP contribution >= 0.6 is 0 Å². The van der Waals surface area contributed by atoms with E-state index in [0.29, 0.717) is 6.04 Å². The summed E-state index contributed by atoms with van der Waals surface area (Å²) in [5, 5.41) is 0. The first kappa shape index (κ1) is 14.0. The third-order valence-corrected chi connectivity index (χ3v) is 5.48. The smallest absolute Gasteiger partial charge is 0.122 e. The summed E-state index contributed by atoms with van der Waals surface area (Å²) in [6.45, 7) is 4.08. The van der Waals surface area contributed by atoms with E-state index in [2.05, 4.69) is 33.4 Å². The van der Waals surface area contributed by atoms with Gasteiger partial charge in [0.15, 0.2) is 0 Å². The molecule has 5 nitrogen and oxygen atoms in total. The Balaban J connectivity index is 1.79. The molecule has 2 N–H and O–H groups in total. The third-order valence-electron chi connectivity index (χ3n) is 5.48. The minimum absolute atomic E-state index is 0.131. The first-order valence-corrected chi connectivity index (χ1v) is 7.79. The summed E-state index contributed by atoms with van der Waals surface area (Å²) in [7, 11) is 4.28. The summed E-state index contributed by atoms with van der Waals surface area (Å²) in [6, 6.07) is 0.631. The number of piperidine rings is 1. The number of nitrogens with zero attached hydrogens (tertiary/aromatic N) is 4. The molecule has 1 aromatic rings. The number of imidazole rings is 1. The van der Waals surface area contributed by atoms with Crippen LogP contribution in [0.15, 0.2) is 12.4 Å². The summed E-state index contributed by atoms with van der Waals surface area (Å²) in [5.41, 5.74) is 6.38. The fraction of sp³-hybridized carbons (Fsp3) is 0.800. The predicted molar refractivity (Wildman–Crippen MR) is 80.3 cm³/mol. The van der Waals surface area contributed by atoms with Crippen molar-refractivity contribution in [3.63, 3.8) is 0 Å². The molecule has 0 radical (unpaired) electrons. The van der Waals surface area contributed by atoms with Gasteiger partial charge in [0.1, 0.15) is 5.82 Å². The van der Waals surface area contributed by atoms with Crippen molar-refractivity contribution in [2.75, 3.05) is 26.7 Å². The van der Waals surface area contributed by atoms with Crippen LogP contribution in [0.1, 0.15) is 31.5 Å². The molecule has 3 heterocycles. The molecule has 2 aliphatic rings. The van der Waals surface area contributed by atoms with Crippen LogP contribution in [0.3, 0.4) is 0 Å². The Morgan fingerprint density at radius 2 is 2.30 bits per heavy atom. The molecule has 20 heavy (non-hydrogen) atoms. The predicted octanol–water partition coefficient (Wildman–Crippen LogP) is 0.808. The molecule has 3 rings (SSSR count). The van der Waals surface area contributed by atoms with Crippen molar-refractivity contribution in [3.05, 3.63) is 18.2 Å². The summed E-state index contributed by atoms with van der Waals surface area (Å²) in [5.74, 6) is 1.12. The Labute approximate surface area is 121 Å². The number of fused-ring (bicyclic) bond motifs is 1. The molecule has 1 aromatic heterocycles. The van der Waals surface area contributed by atoms with Crippen LogP contribution < -0.4 is 5.73 Å². The highest BCUT2D eigenvalue weighted by molar-refractivity contribution is 5.09. The van der Waals surface area contributed by atoms with E-state index in [1.165, 1.54) is 38.8 Å². The van der Waals surface area contributed by atoms with Gasteiger partial charge in [-0.1, -0.05) is 6.42 Å². The van der Waals surface area contributed by atoms with Crippen LogP contribution in [0.5, 0.6) is 0 Å². The van der Waals surface area contributed by atoms with Crippen molar-refractivity contribution in [3.8, 4) is 0 Å². The quantitative estimate of drug-likeness (QED) is 0.885. The maximum Gasteiger partial charge on any atom is 0.122 e. The van der Waals surface area contributed by atoms with Gasteiger partial charge in [-0.25, -0.2) is 4.98 Å². The van der Waals surface area contributed by atoms with E-state index in [1.54, 1.807) is 0 Å². The zero-order valence-corrected chi connectivity index (χ0v) is 12.8. The van der Waals surface area contributed by atoms with Crippen LogP contribution in [-0.4, -0.2) is 57.6 Å². The summed E-state index contributed by atoms with van der Waals surface area (Å²) < 4.78 is 2.11. The first-order valence-electron chi connectivity index (χ1n) is 7.79. The van der Waals surface area contributed by atoms with Crippen LogP contribution in [0.4, 0.5) is 0 Å². The zero-order chi connectivity index (χ0) is 14.2. The second-order valence-electron chi connectivity index (χ2n) is 6.42. The average molecular weight is 277 g/mol. The molecular weight excluding hydrogens is 250 g/mol. The SMILES string of the molecule is CN(Cc1nccn1C)C1(CN)CCN2CCCCC21. The van der Waals surface area contributed by atoms with E-state index < -0.39 is 0 Å². The summed E-state index contributed by atoms with van der Waals surface area (Å²) in [6.07, 6.45) is 9.07. The number of hydrogen-bond donors (Lipinski definition) is 1. The van der Waals surface area contributed by atoms with E-state index in [0.717, 1.165) is 18.9 Å². The molecule has 0 bridgehead atoms. The molecule has 2 saturated heterocycles. The number of hydrogen-bond acceptors (Lipinski definition) is 4. The maximum absolute atomic E-state index is 6.25. The van der Waals surface area contributed by atoms with Gasteiger partial charge < -0.3 is 10.3 Å². The molecule has 0 spiro atoms. The van der Waals surface area contributed by atoms with Crippen molar-refractivity contribution in [2.45, 2.75) is 43.8 Å². The number of rotatable bonds is 4. The fourth-order valence-corrected chi connectivity index (χ4v) is 4.13. The minimum atomic E-state index is 0.131. The van der Waals surface area contributed by atoms with Crippen molar-refractivity contribution >= 4 is 0 Å². The van der Waals surface area contributed by atoms with Gasteiger partial charge in [-0.2, -0.15) is 0 Å². The largest absolute Gasteiger partial charge is 0.337 e. The van der Waals surface area contributed by atoms with Crippen LogP contribution in [-0.2, 0) is 13.6 Å². The van der Waals surface area contributed by atoms with Crippen LogP contribution in [0.25, 0.3) is 0 Å². The van der Waals surface area contributed by atoms with Crippen molar-refractivity contribution in [1.29, 1.82) is 0 Å². The fourth-order valence-electron chi connectivity index (χ4n) is 4.13. The Bertz CT molecular complexity index is 457. The average Bonchev–Trinajstić information content (AvgIpc) is 3.04. The topological polar surface area (TPSA) is 50.3 Å². The molecule has 2 fully saturated rings. The molecule has 112 valence electrons. The van der Waals surface area contributed by atoms with Crippen LogP contribution in [0, 0.1) is 0 Å². The van der Waals surface area contributed by atoms with Gasteiger partial charge in [0.25, 0.3) is 0 Å². The number of aromatic nitrogens is 2. The molecular formula is C15H27N5. The highest BCUT2D eigenvalue weighted by atomic mass is 15.3. The number of nitrogens with two attached hydrogens (primary N) is 1. The van der Waals surface area contributed by atoms with E-state index in [9.17, 15) is 0 Å². The minimum Gasteiger partial charge on any atom is -0.337 e. The molecule has 0 aliphatic carbocycles. The summed E-state index contributed by atoms with van der Waals surface area (Å²) in [4.78, 5) is 9.59. The lowest BCUT2D eigenvalue weighted by molar-refractivity contribution is 0.0490. The monoisotopic (exact) mass is 277 g/mol. The second kappa shape index (κ2) is 5.47. The Morgan fingerprint density at radius 1 is 1.45 bits per heavy atom. The third kappa shape index (κ3) is 2.18. The Morgan fingerprint density at radius 3 is 3.00 bits per heavy atom. The van der Waals surface area contributed by atoms with E-state index in [4.69, 9.17) is 5.73 Å². The lowest BCUT2D eigenvalue weighted by atomic mass is 9.84. The van der Waals surface area contributed by atoms with Crippen molar-refractivity contribution < 1.29 is 0 Å². The van der Waals surface area contributed by atoms with E-state index in [-0.39, 0.29) is 5.54 Å². The highest BCUT2D eigenvalue weighted by Gasteiger charge is 2.49. The standard InChI is InChI=1S/C15H27N5/c1-18-10-7-17-14(18)11-19(2)15(12-16)6-9-20-8-4-3-5-13(15)20/h7,10,13H,3-6,8-9,11-12,16H2,1-2H3. The van der Waals surface area contributed by atoms with Gasteiger partial charge in [0.2, 0.25) is 0 Å². The molecule has 0 aromatic carbocycles. The van der Waals surface area contributed by atoms with Gasteiger partial charge in [-0.15, -0.1) is 0 Å². The maximum atomic E-state index is 6.25. The molecule has 2 aliphatic heterocycles. The lowest BCUT2D eigenvalue weighted by Crippen LogP contribution is -2.60. The highest BCUT2D eigenvalue weighted by Crippen LogP contribution is 2.38. The molecule has 0 saturated carbocycles. The summed E-state index contributed by atoms with van der Waals surface area (Å²) >= 11 is 0. The number of aryl methyl sites for hydroxylation is 1. The van der Waals surface area contributed by atoms with Gasteiger partial charge in [-0.3, -0.25) is 9.80 Å². The van der Waals surface area contributed by atoms with Crippen molar-refractivity contribution in [1.82, 2.24) is 19.4 Å². The zero-order valence-electron chi connectivity index (χ0n) is 12.8. The van der Waals surface area contributed by atoms with Crippen LogP contribution in [0.2, 0.25) is 0 Å². The molecule has 5 heteroatoms. The van der Waals surface area contributed by atoms with Gasteiger partial charge in [0, 0.05) is 38.6 Å². The van der Waals surface area contributed by atoms with E-state index in [1.807, 2.05) is 12.4 Å².